The third-order valence-corrected chi connectivity index (χ3v) is 6.07. The first-order valence-electron chi connectivity index (χ1n) is 11.3. The Bertz CT molecular complexity index is 1030. The Kier molecular flexibility index (Phi) is 6.37. The Labute approximate surface area is 192 Å². The fraction of sp³-hybridized carbons (Fsp3) is 0.429. The Morgan fingerprint density at radius 1 is 1.03 bits per heavy atom. The van der Waals surface area contributed by atoms with Gasteiger partial charge in [-0.1, -0.05) is 71.4 Å². The van der Waals surface area contributed by atoms with E-state index in [1.807, 2.05) is 64.7 Å². The van der Waals surface area contributed by atoms with E-state index in [9.17, 15) is 9.90 Å². The van der Waals surface area contributed by atoms with Crippen LogP contribution in [0.3, 0.4) is 0 Å². The van der Waals surface area contributed by atoms with Crippen LogP contribution in [0.2, 0.25) is 0 Å². The van der Waals surface area contributed by atoms with E-state index in [0.29, 0.717) is 17.9 Å². The number of phenols is 1. The standard InChI is InChI=1S/C28H36N2O2/c1-18-8-10-19(11-9-18)14-20-12-13-30(26(20)29)17-24(31)21-15-22(27(2,3)4)25(32)23(16-21)28(5,6)7/h8-11,14-16,29,32H,12-13,17H2,1-7H3/b20-14-,29-26?. The van der Waals surface area contributed by atoms with Crippen LogP contribution in [-0.4, -0.2) is 34.7 Å². The number of hydrogen-bond donors (Lipinski definition) is 2. The number of hydrogen-bond acceptors (Lipinski definition) is 3. The van der Waals surface area contributed by atoms with Gasteiger partial charge in [-0.05, 0) is 53.5 Å². The van der Waals surface area contributed by atoms with Crippen molar-refractivity contribution >= 4 is 17.7 Å². The number of phenolic OH excluding ortho intramolecular Hbond substituents is 1. The molecule has 4 heteroatoms. The maximum Gasteiger partial charge on any atom is 0.182 e. The lowest BCUT2D eigenvalue weighted by atomic mass is 9.78. The third kappa shape index (κ3) is 5.12. The largest absolute Gasteiger partial charge is 0.507 e. The van der Waals surface area contributed by atoms with Crippen molar-refractivity contribution in [2.45, 2.75) is 65.7 Å². The van der Waals surface area contributed by atoms with Crippen molar-refractivity contribution in [1.29, 1.82) is 5.41 Å². The van der Waals surface area contributed by atoms with E-state index in [2.05, 4.69) is 31.2 Å². The molecule has 4 nitrogen and oxygen atoms in total. The molecule has 0 bridgehead atoms. The molecule has 0 spiro atoms. The van der Waals surface area contributed by atoms with Gasteiger partial charge >= 0.3 is 0 Å². The SMILES string of the molecule is Cc1ccc(/C=C2/CCN(CC(=O)c3cc(C(C)(C)C)c(O)c(C(C)(C)C)c3)C2=N)cc1. The number of nitrogens with zero attached hydrogens (tertiary/aromatic N) is 1. The fourth-order valence-corrected chi connectivity index (χ4v) is 4.05. The second kappa shape index (κ2) is 8.57. The maximum absolute atomic E-state index is 13.3. The van der Waals surface area contributed by atoms with Crippen molar-refractivity contribution in [3.63, 3.8) is 0 Å². The predicted octanol–water partition coefficient (Wildman–Crippen LogP) is 6.24. The molecule has 1 saturated heterocycles. The number of carbonyl (C=O) groups excluding carboxylic acids is 1. The number of likely N-dealkylation sites (tertiary alicyclic amines) is 1. The Balaban J connectivity index is 1.86. The van der Waals surface area contributed by atoms with Gasteiger partial charge in [-0.15, -0.1) is 0 Å². The monoisotopic (exact) mass is 432 g/mol. The van der Waals surface area contributed by atoms with Crippen LogP contribution in [0.5, 0.6) is 5.75 Å². The Morgan fingerprint density at radius 3 is 2.06 bits per heavy atom. The minimum Gasteiger partial charge on any atom is -0.507 e. The van der Waals surface area contributed by atoms with Crippen LogP contribution >= 0.6 is 0 Å². The van der Waals surface area contributed by atoms with Gasteiger partial charge < -0.3 is 10.0 Å². The minimum atomic E-state index is -0.287. The third-order valence-electron chi connectivity index (χ3n) is 6.07. The van der Waals surface area contributed by atoms with Crippen LogP contribution in [0.1, 0.15) is 80.6 Å². The van der Waals surface area contributed by atoms with Gasteiger partial charge in [0.2, 0.25) is 0 Å². The second-order valence-corrected chi connectivity index (χ2v) is 10.9. The average molecular weight is 433 g/mol. The lowest BCUT2D eigenvalue weighted by molar-refractivity contribution is 0.0965. The summed E-state index contributed by atoms with van der Waals surface area (Å²) in [6, 6.07) is 11.9. The first-order chi connectivity index (χ1) is 14.8. The molecule has 0 aliphatic carbocycles. The lowest BCUT2D eigenvalue weighted by Crippen LogP contribution is -2.31. The highest BCUT2D eigenvalue weighted by Gasteiger charge is 2.29. The molecule has 1 aliphatic rings. The number of carbonyl (C=O) groups is 1. The molecular formula is C28H36N2O2. The Hall–Kier alpha value is -2.88. The summed E-state index contributed by atoms with van der Waals surface area (Å²) in [5.41, 5.74) is 4.83. The molecule has 0 radical (unpaired) electrons. The summed E-state index contributed by atoms with van der Waals surface area (Å²) in [5, 5.41) is 19.5. The normalized spacial score (nSPS) is 16.2. The van der Waals surface area contributed by atoms with Crippen molar-refractivity contribution in [3.8, 4) is 5.75 Å². The van der Waals surface area contributed by atoms with E-state index in [4.69, 9.17) is 5.41 Å². The van der Waals surface area contributed by atoms with Crippen LogP contribution in [0.15, 0.2) is 42.0 Å². The van der Waals surface area contributed by atoms with Gasteiger partial charge in [0.25, 0.3) is 0 Å². The first kappa shape index (κ1) is 23.8. The van der Waals surface area contributed by atoms with E-state index >= 15 is 0 Å². The molecule has 2 N–H and O–H groups in total. The number of Topliss-reactive ketones (excluding diaryl/α,β-unsaturated/α-hetero) is 1. The summed E-state index contributed by atoms with van der Waals surface area (Å²) in [6.45, 7) is 15.1. The fourth-order valence-electron chi connectivity index (χ4n) is 4.05. The van der Waals surface area contributed by atoms with Gasteiger partial charge in [0.05, 0.1) is 6.54 Å². The van der Waals surface area contributed by atoms with Gasteiger partial charge in [-0.25, -0.2) is 0 Å². The highest BCUT2D eigenvalue weighted by Crippen LogP contribution is 2.40. The Morgan fingerprint density at radius 2 is 1.56 bits per heavy atom. The molecule has 32 heavy (non-hydrogen) atoms. The van der Waals surface area contributed by atoms with Crippen LogP contribution in [0.4, 0.5) is 0 Å². The van der Waals surface area contributed by atoms with Gasteiger partial charge in [0, 0.05) is 23.2 Å². The second-order valence-electron chi connectivity index (χ2n) is 10.9. The van der Waals surface area contributed by atoms with Gasteiger partial charge in [0.15, 0.2) is 5.78 Å². The minimum absolute atomic E-state index is 0.0256. The number of amidine groups is 1. The van der Waals surface area contributed by atoms with Crippen molar-refractivity contribution in [2.75, 3.05) is 13.1 Å². The summed E-state index contributed by atoms with van der Waals surface area (Å²) in [7, 11) is 0. The van der Waals surface area contributed by atoms with Gasteiger partial charge in [0.1, 0.15) is 11.6 Å². The number of benzene rings is 2. The molecule has 0 unspecified atom stereocenters. The van der Waals surface area contributed by atoms with Crippen LogP contribution < -0.4 is 0 Å². The first-order valence-corrected chi connectivity index (χ1v) is 11.3. The summed E-state index contributed by atoms with van der Waals surface area (Å²) in [5.74, 6) is 0.672. The highest BCUT2D eigenvalue weighted by atomic mass is 16.3. The number of rotatable bonds is 4. The van der Waals surface area contributed by atoms with Crippen LogP contribution in [-0.2, 0) is 10.8 Å². The molecule has 1 aliphatic heterocycles. The molecule has 0 atom stereocenters. The number of aromatic hydroxyl groups is 1. The molecule has 1 fully saturated rings. The van der Waals surface area contributed by atoms with Crippen molar-refractivity contribution in [2.24, 2.45) is 0 Å². The van der Waals surface area contributed by atoms with E-state index < -0.39 is 0 Å². The van der Waals surface area contributed by atoms with Crippen LogP contribution in [0.25, 0.3) is 6.08 Å². The average Bonchev–Trinajstić information content (AvgIpc) is 3.01. The summed E-state index contributed by atoms with van der Waals surface area (Å²) in [6.07, 6.45) is 2.80. The smallest absolute Gasteiger partial charge is 0.182 e. The summed E-state index contributed by atoms with van der Waals surface area (Å²) >= 11 is 0. The van der Waals surface area contributed by atoms with Gasteiger partial charge in [-0.3, -0.25) is 10.2 Å². The van der Waals surface area contributed by atoms with E-state index in [-0.39, 0.29) is 28.9 Å². The van der Waals surface area contributed by atoms with Crippen molar-refractivity contribution in [1.82, 2.24) is 4.90 Å². The van der Waals surface area contributed by atoms with Crippen molar-refractivity contribution in [3.05, 3.63) is 69.8 Å². The lowest BCUT2D eigenvalue weighted by Gasteiger charge is -2.28. The number of nitrogens with one attached hydrogen (secondary N) is 1. The quantitative estimate of drug-likeness (QED) is 0.562. The summed E-state index contributed by atoms with van der Waals surface area (Å²) < 4.78 is 0. The molecule has 170 valence electrons. The van der Waals surface area contributed by atoms with E-state index in [1.54, 1.807) is 0 Å². The highest BCUT2D eigenvalue weighted by molar-refractivity contribution is 6.06. The molecule has 1 heterocycles. The zero-order chi connectivity index (χ0) is 23.8. The zero-order valence-corrected chi connectivity index (χ0v) is 20.5. The number of aryl methyl sites for hydroxylation is 1. The number of ketones is 1. The molecular weight excluding hydrogens is 396 g/mol. The molecule has 0 aromatic heterocycles. The predicted molar refractivity (Wildman–Crippen MR) is 133 cm³/mol. The molecule has 3 rings (SSSR count). The van der Waals surface area contributed by atoms with Gasteiger partial charge in [-0.2, -0.15) is 0 Å². The zero-order valence-electron chi connectivity index (χ0n) is 20.5. The molecule has 2 aromatic carbocycles. The molecule has 0 amide bonds. The van der Waals surface area contributed by atoms with Crippen LogP contribution in [0, 0.1) is 12.3 Å². The van der Waals surface area contributed by atoms with E-state index in [0.717, 1.165) is 28.7 Å². The van der Waals surface area contributed by atoms with E-state index in [1.165, 1.54) is 5.56 Å². The maximum atomic E-state index is 13.3. The molecule has 2 aromatic rings. The molecule has 0 saturated carbocycles. The summed E-state index contributed by atoms with van der Waals surface area (Å²) in [4.78, 5) is 15.1. The topological polar surface area (TPSA) is 64.4 Å². The van der Waals surface area contributed by atoms with Crippen molar-refractivity contribution < 1.29 is 9.90 Å².